The van der Waals surface area contributed by atoms with Crippen molar-refractivity contribution in [2.75, 3.05) is 11.9 Å². The second-order valence-corrected chi connectivity index (χ2v) is 6.31. The van der Waals surface area contributed by atoms with Crippen molar-refractivity contribution in [3.63, 3.8) is 0 Å². The SMILES string of the molecule is O=C(NCc1cccnc1)C1CCCN1C(=O)Nc1cccc(Cl)c1. The van der Waals surface area contributed by atoms with Crippen molar-refractivity contribution in [1.29, 1.82) is 0 Å². The largest absolute Gasteiger partial charge is 0.350 e. The molecule has 1 aliphatic rings. The molecule has 6 nitrogen and oxygen atoms in total. The first-order valence-corrected chi connectivity index (χ1v) is 8.51. The monoisotopic (exact) mass is 358 g/mol. The summed E-state index contributed by atoms with van der Waals surface area (Å²) in [4.78, 5) is 30.6. The smallest absolute Gasteiger partial charge is 0.322 e. The maximum Gasteiger partial charge on any atom is 0.322 e. The number of likely N-dealkylation sites (tertiary alicyclic amines) is 1. The van der Waals surface area contributed by atoms with Gasteiger partial charge in [0.15, 0.2) is 0 Å². The van der Waals surface area contributed by atoms with Gasteiger partial charge in [-0.3, -0.25) is 9.78 Å². The van der Waals surface area contributed by atoms with E-state index in [-0.39, 0.29) is 11.9 Å². The van der Waals surface area contributed by atoms with E-state index in [4.69, 9.17) is 11.6 Å². The summed E-state index contributed by atoms with van der Waals surface area (Å²) in [5.74, 6) is -0.150. The van der Waals surface area contributed by atoms with E-state index in [9.17, 15) is 9.59 Å². The van der Waals surface area contributed by atoms with Crippen LogP contribution in [0.4, 0.5) is 10.5 Å². The molecule has 2 heterocycles. The lowest BCUT2D eigenvalue weighted by Crippen LogP contribution is -2.47. The Morgan fingerprint density at radius 1 is 1.28 bits per heavy atom. The summed E-state index contributed by atoms with van der Waals surface area (Å²) in [6, 6.07) is 9.90. The fourth-order valence-electron chi connectivity index (χ4n) is 2.85. The third-order valence-electron chi connectivity index (χ3n) is 4.08. The average Bonchev–Trinajstić information content (AvgIpc) is 3.10. The first-order chi connectivity index (χ1) is 12.1. The number of nitrogens with zero attached hydrogens (tertiary/aromatic N) is 2. The number of nitrogens with one attached hydrogen (secondary N) is 2. The Kier molecular flexibility index (Phi) is 5.50. The Bertz CT molecular complexity index is 754. The van der Waals surface area contributed by atoms with Crippen LogP contribution in [0.5, 0.6) is 0 Å². The standard InChI is InChI=1S/C18H19ClN4O2/c19-14-5-1-6-15(10-14)22-18(25)23-9-3-7-16(23)17(24)21-12-13-4-2-8-20-11-13/h1-2,4-6,8,10-11,16H,3,7,9,12H2,(H,21,24)(H,22,25). The van der Waals surface area contributed by atoms with Crippen LogP contribution < -0.4 is 10.6 Å². The summed E-state index contributed by atoms with van der Waals surface area (Å²) < 4.78 is 0. The van der Waals surface area contributed by atoms with Crippen LogP contribution >= 0.6 is 11.6 Å². The highest BCUT2D eigenvalue weighted by Gasteiger charge is 2.34. The molecule has 0 radical (unpaired) electrons. The van der Waals surface area contributed by atoms with Crippen molar-refractivity contribution in [2.24, 2.45) is 0 Å². The summed E-state index contributed by atoms with van der Waals surface area (Å²) in [6.45, 7) is 0.949. The molecule has 1 aromatic heterocycles. The molecule has 2 N–H and O–H groups in total. The van der Waals surface area contributed by atoms with Gasteiger partial charge in [0.1, 0.15) is 6.04 Å². The van der Waals surface area contributed by atoms with Gasteiger partial charge in [-0.2, -0.15) is 0 Å². The number of hydrogen-bond donors (Lipinski definition) is 2. The third kappa shape index (κ3) is 4.48. The van der Waals surface area contributed by atoms with Gasteiger partial charge in [-0.25, -0.2) is 4.79 Å². The van der Waals surface area contributed by atoms with Crippen LogP contribution in [0.15, 0.2) is 48.8 Å². The number of benzene rings is 1. The molecule has 1 fully saturated rings. The maximum atomic E-state index is 12.5. The van der Waals surface area contributed by atoms with Gasteiger partial charge in [-0.05, 0) is 42.7 Å². The Morgan fingerprint density at radius 3 is 2.92 bits per heavy atom. The molecule has 0 aliphatic carbocycles. The van der Waals surface area contributed by atoms with Gasteiger partial charge in [-0.15, -0.1) is 0 Å². The first-order valence-electron chi connectivity index (χ1n) is 8.13. The highest BCUT2D eigenvalue weighted by molar-refractivity contribution is 6.30. The lowest BCUT2D eigenvalue weighted by molar-refractivity contribution is -0.124. The highest BCUT2D eigenvalue weighted by Crippen LogP contribution is 2.20. The molecule has 1 unspecified atom stereocenters. The van der Waals surface area contributed by atoms with E-state index in [1.54, 1.807) is 41.6 Å². The quantitative estimate of drug-likeness (QED) is 0.882. The number of carbonyl (C=O) groups is 2. The van der Waals surface area contributed by atoms with Gasteiger partial charge < -0.3 is 15.5 Å². The number of halogens is 1. The van der Waals surface area contributed by atoms with Crippen LogP contribution in [0, 0.1) is 0 Å². The molecule has 1 atom stereocenters. The van der Waals surface area contributed by atoms with Crippen LogP contribution in [-0.2, 0) is 11.3 Å². The van der Waals surface area contributed by atoms with E-state index in [0.717, 1.165) is 12.0 Å². The first kappa shape index (κ1) is 17.2. The fourth-order valence-corrected chi connectivity index (χ4v) is 3.04. The number of amides is 3. The molecule has 0 spiro atoms. The Labute approximate surface area is 151 Å². The van der Waals surface area contributed by atoms with Crippen LogP contribution in [0.1, 0.15) is 18.4 Å². The minimum atomic E-state index is -0.462. The Morgan fingerprint density at radius 2 is 2.16 bits per heavy atom. The Hall–Kier alpha value is -2.60. The molecule has 1 aromatic carbocycles. The number of pyridine rings is 1. The van der Waals surface area contributed by atoms with Gasteiger partial charge in [0.25, 0.3) is 0 Å². The normalized spacial score (nSPS) is 16.5. The number of anilines is 1. The predicted octanol–water partition coefficient (Wildman–Crippen LogP) is 3.05. The lowest BCUT2D eigenvalue weighted by Gasteiger charge is -2.24. The van der Waals surface area contributed by atoms with Crippen molar-refractivity contribution in [1.82, 2.24) is 15.2 Å². The summed E-state index contributed by atoms with van der Waals surface area (Å²) in [6.07, 6.45) is 4.85. The minimum Gasteiger partial charge on any atom is -0.350 e. The van der Waals surface area contributed by atoms with Crippen LogP contribution in [0.2, 0.25) is 5.02 Å². The van der Waals surface area contributed by atoms with E-state index < -0.39 is 6.04 Å². The number of rotatable bonds is 4. The molecule has 0 saturated carbocycles. The average molecular weight is 359 g/mol. The lowest BCUT2D eigenvalue weighted by atomic mass is 10.2. The summed E-state index contributed by atoms with van der Waals surface area (Å²) >= 11 is 5.93. The van der Waals surface area contributed by atoms with Gasteiger partial charge in [0, 0.05) is 36.2 Å². The minimum absolute atomic E-state index is 0.150. The molecular weight excluding hydrogens is 340 g/mol. The molecule has 25 heavy (non-hydrogen) atoms. The number of hydrogen-bond acceptors (Lipinski definition) is 3. The van der Waals surface area contributed by atoms with E-state index in [2.05, 4.69) is 15.6 Å². The van der Waals surface area contributed by atoms with Crippen LogP contribution in [0.25, 0.3) is 0 Å². The zero-order valence-corrected chi connectivity index (χ0v) is 14.4. The summed E-state index contributed by atoms with van der Waals surface area (Å²) in [5, 5.41) is 6.22. The topological polar surface area (TPSA) is 74.3 Å². The Balaban J connectivity index is 1.59. The van der Waals surface area contributed by atoms with Crippen molar-refractivity contribution in [3.8, 4) is 0 Å². The van der Waals surface area contributed by atoms with Crippen LogP contribution in [0.3, 0.4) is 0 Å². The van der Waals surface area contributed by atoms with E-state index in [0.29, 0.717) is 30.2 Å². The summed E-state index contributed by atoms with van der Waals surface area (Å²) in [7, 11) is 0. The molecule has 3 amide bonds. The molecule has 3 rings (SSSR count). The molecule has 0 bridgehead atoms. The van der Waals surface area contributed by atoms with Gasteiger partial charge >= 0.3 is 6.03 Å². The van der Waals surface area contributed by atoms with Crippen molar-refractivity contribution in [3.05, 3.63) is 59.4 Å². The zero-order valence-electron chi connectivity index (χ0n) is 13.6. The molecule has 2 aromatic rings. The number of carbonyl (C=O) groups excluding carboxylic acids is 2. The maximum absolute atomic E-state index is 12.5. The highest BCUT2D eigenvalue weighted by atomic mass is 35.5. The van der Waals surface area contributed by atoms with Crippen LogP contribution in [-0.4, -0.2) is 34.4 Å². The zero-order chi connectivity index (χ0) is 17.6. The number of urea groups is 1. The molecule has 1 saturated heterocycles. The predicted molar refractivity (Wildman–Crippen MR) is 96.3 cm³/mol. The van der Waals surface area contributed by atoms with Gasteiger partial charge in [0.2, 0.25) is 5.91 Å². The second kappa shape index (κ2) is 7.98. The fraction of sp³-hybridized carbons (Fsp3) is 0.278. The van der Waals surface area contributed by atoms with Crippen molar-refractivity contribution >= 4 is 29.2 Å². The van der Waals surface area contributed by atoms with Crippen molar-refractivity contribution in [2.45, 2.75) is 25.4 Å². The molecule has 1 aliphatic heterocycles. The molecular formula is C18H19ClN4O2. The molecule has 130 valence electrons. The van der Waals surface area contributed by atoms with Crippen molar-refractivity contribution < 1.29 is 9.59 Å². The van der Waals surface area contributed by atoms with Gasteiger partial charge in [-0.1, -0.05) is 23.7 Å². The van der Waals surface area contributed by atoms with E-state index >= 15 is 0 Å². The van der Waals surface area contributed by atoms with E-state index in [1.165, 1.54) is 0 Å². The third-order valence-corrected chi connectivity index (χ3v) is 4.32. The number of aromatic nitrogens is 1. The van der Waals surface area contributed by atoms with E-state index in [1.807, 2.05) is 12.1 Å². The van der Waals surface area contributed by atoms with Gasteiger partial charge in [0.05, 0.1) is 0 Å². The molecule has 7 heteroatoms. The summed E-state index contributed by atoms with van der Waals surface area (Å²) in [5.41, 5.74) is 1.53. The second-order valence-electron chi connectivity index (χ2n) is 5.87.